The number of nitrogens with zero attached hydrogens (tertiary/aromatic N) is 2. The largest absolute Gasteiger partial charge is 0.310 e. The second kappa shape index (κ2) is 5.54. The van der Waals surface area contributed by atoms with E-state index in [1.807, 2.05) is 28.8 Å². The predicted octanol–water partition coefficient (Wildman–Crippen LogP) is 4.05. The van der Waals surface area contributed by atoms with E-state index in [2.05, 4.69) is 36.5 Å². The summed E-state index contributed by atoms with van der Waals surface area (Å²) in [5.74, 6) is 1.02. The van der Waals surface area contributed by atoms with Crippen molar-refractivity contribution in [2.75, 3.05) is 5.32 Å². The fourth-order valence-electron chi connectivity index (χ4n) is 2.92. The van der Waals surface area contributed by atoms with Crippen LogP contribution in [0.4, 0.5) is 5.82 Å². The summed E-state index contributed by atoms with van der Waals surface area (Å²) >= 11 is 0. The molecule has 1 fully saturated rings. The van der Waals surface area contributed by atoms with E-state index >= 15 is 0 Å². The van der Waals surface area contributed by atoms with Gasteiger partial charge in [-0.15, -0.1) is 0 Å². The molecule has 1 aliphatic carbocycles. The fourth-order valence-corrected chi connectivity index (χ4v) is 2.92. The van der Waals surface area contributed by atoms with E-state index in [0.717, 1.165) is 42.0 Å². The Bertz CT molecular complexity index is 860. The molecule has 0 radical (unpaired) electrons. The van der Waals surface area contributed by atoms with Gasteiger partial charge in [0.15, 0.2) is 0 Å². The Kier molecular flexibility index (Phi) is 3.37. The molecule has 1 N–H and O–H groups in total. The fraction of sp³-hybridized carbons (Fsp3) is 0.263. The minimum Gasteiger partial charge on any atom is -0.310 e. The molecule has 1 saturated carbocycles. The van der Waals surface area contributed by atoms with Gasteiger partial charge in [0.1, 0.15) is 17.2 Å². The highest BCUT2D eigenvalue weighted by Crippen LogP contribution is 2.32. The average molecular weight is 305 g/mol. The van der Waals surface area contributed by atoms with Gasteiger partial charge in [-0.1, -0.05) is 42.3 Å². The second-order valence-corrected chi connectivity index (χ2v) is 6.22. The van der Waals surface area contributed by atoms with Crippen LogP contribution in [-0.2, 0) is 4.79 Å². The zero-order valence-electron chi connectivity index (χ0n) is 13.1. The number of imidazole rings is 1. The number of aromatic nitrogens is 2. The van der Waals surface area contributed by atoms with Crippen molar-refractivity contribution in [3.8, 4) is 11.3 Å². The summed E-state index contributed by atoms with van der Waals surface area (Å²) in [6, 6.07) is 14.1. The van der Waals surface area contributed by atoms with Crippen molar-refractivity contribution in [3.63, 3.8) is 0 Å². The number of amides is 1. The van der Waals surface area contributed by atoms with Crippen LogP contribution < -0.4 is 5.32 Å². The zero-order chi connectivity index (χ0) is 15.8. The van der Waals surface area contributed by atoms with Gasteiger partial charge in [-0.3, -0.25) is 9.20 Å². The molecule has 4 heteroatoms. The molecule has 0 unspecified atom stereocenters. The molecule has 1 aliphatic rings. The van der Waals surface area contributed by atoms with E-state index in [9.17, 15) is 4.79 Å². The molecule has 116 valence electrons. The van der Waals surface area contributed by atoms with Crippen molar-refractivity contribution < 1.29 is 4.79 Å². The van der Waals surface area contributed by atoms with Crippen LogP contribution in [0.15, 0.2) is 48.7 Å². The monoisotopic (exact) mass is 305 g/mol. The molecule has 4 nitrogen and oxygen atoms in total. The molecule has 1 aromatic carbocycles. The lowest BCUT2D eigenvalue weighted by atomic mass is 9.85. The molecule has 2 aromatic heterocycles. The Morgan fingerprint density at radius 2 is 1.96 bits per heavy atom. The van der Waals surface area contributed by atoms with Gasteiger partial charge in [-0.05, 0) is 31.9 Å². The van der Waals surface area contributed by atoms with Crippen LogP contribution in [0.3, 0.4) is 0 Å². The number of carbonyl (C=O) groups excluding carboxylic acids is 1. The third-order valence-corrected chi connectivity index (χ3v) is 4.57. The van der Waals surface area contributed by atoms with E-state index in [0.29, 0.717) is 0 Å². The number of anilines is 1. The van der Waals surface area contributed by atoms with Crippen LogP contribution in [0.1, 0.15) is 24.8 Å². The molecule has 4 rings (SSSR count). The van der Waals surface area contributed by atoms with Crippen molar-refractivity contribution in [1.29, 1.82) is 0 Å². The average Bonchev–Trinajstić information content (AvgIpc) is 2.85. The second-order valence-electron chi connectivity index (χ2n) is 6.22. The summed E-state index contributed by atoms with van der Waals surface area (Å²) in [5.41, 5.74) is 3.89. The first kappa shape index (κ1) is 14.0. The van der Waals surface area contributed by atoms with Gasteiger partial charge in [-0.25, -0.2) is 4.98 Å². The van der Waals surface area contributed by atoms with E-state index < -0.39 is 0 Å². The molecular weight excluding hydrogens is 286 g/mol. The first-order chi connectivity index (χ1) is 11.2. The van der Waals surface area contributed by atoms with Crippen LogP contribution in [0, 0.1) is 12.8 Å². The standard InChI is InChI=1S/C19H19N3O/c1-13-8-10-14(11-9-13)17-18(21-19(23)15-5-4-6-15)22-12-3-2-7-16(22)20-17/h2-3,7-12,15H,4-6H2,1H3,(H,21,23). The number of fused-ring (bicyclic) bond motifs is 1. The van der Waals surface area contributed by atoms with Gasteiger partial charge in [0.25, 0.3) is 0 Å². The third-order valence-electron chi connectivity index (χ3n) is 4.57. The summed E-state index contributed by atoms with van der Waals surface area (Å²) in [6.07, 6.45) is 5.07. The number of pyridine rings is 1. The molecule has 0 bridgehead atoms. The van der Waals surface area contributed by atoms with Gasteiger partial charge in [0, 0.05) is 17.7 Å². The predicted molar refractivity (Wildman–Crippen MR) is 91.3 cm³/mol. The van der Waals surface area contributed by atoms with Crippen LogP contribution in [0.2, 0.25) is 0 Å². The molecule has 1 amide bonds. The highest BCUT2D eigenvalue weighted by atomic mass is 16.2. The van der Waals surface area contributed by atoms with E-state index in [-0.39, 0.29) is 11.8 Å². The van der Waals surface area contributed by atoms with Crippen LogP contribution in [-0.4, -0.2) is 15.3 Å². The van der Waals surface area contributed by atoms with E-state index in [1.165, 1.54) is 5.56 Å². The molecular formula is C19H19N3O. The summed E-state index contributed by atoms with van der Waals surface area (Å²) in [6.45, 7) is 2.06. The summed E-state index contributed by atoms with van der Waals surface area (Å²) in [4.78, 5) is 17.1. The quantitative estimate of drug-likeness (QED) is 0.793. The maximum atomic E-state index is 12.4. The number of hydrogen-bond acceptors (Lipinski definition) is 2. The van der Waals surface area contributed by atoms with Gasteiger partial charge < -0.3 is 5.32 Å². The smallest absolute Gasteiger partial charge is 0.228 e. The lowest BCUT2D eigenvalue weighted by molar-refractivity contribution is -0.122. The minimum absolute atomic E-state index is 0.107. The maximum Gasteiger partial charge on any atom is 0.228 e. The number of carbonyl (C=O) groups is 1. The van der Waals surface area contributed by atoms with Crippen molar-refractivity contribution in [2.24, 2.45) is 5.92 Å². The third kappa shape index (κ3) is 2.50. The topological polar surface area (TPSA) is 46.4 Å². The van der Waals surface area contributed by atoms with Crippen molar-refractivity contribution in [3.05, 3.63) is 54.2 Å². The Balaban J connectivity index is 1.80. The molecule has 23 heavy (non-hydrogen) atoms. The maximum absolute atomic E-state index is 12.4. The Morgan fingerprint density at radius 3 is 2.65 bits per heavy atom. The minimum atomic E-state index is 0.107. The SMILES string of the molecule is Cc1ccc(-c2nc3ccccn3c2NC(=O)C2CCC2)cc1. The summed E-state index contributed by atoms with van der Waals surface area (Å²) in [7, 11) is 0. The van der Waals surface area contributed by atoms with Gasteiger partial charge in [0.2, 0.25) is 5.91 Å². The van der Waals surface area contributed by atoms with Crippen molar-refractivity contribution in [2.45, 2.75) is 26.2 Å². The molecule has 0 aliphatic heterocycles. The van der Waals surface area contributed by atoms with Crippen LogP contribution in [0.5, 0.6) is 0 Å². The van der Waals surface area contributed by atoms with Crippen molar-refractivity contribution >= 4 is 17.4 Å². The highest BCUT2D eigenvalue weighted by molar-refractivity contribution is 5.96. The summed E-state index contributed by atoms with van der Waals surface area (Å²) in [5, 5.41) is 3.11. The molecule has 0 atom stereocenters. The number of benzene rings is 1. The highest BCUT2D eigenvalue weighted by Gasteiger charge is 2.27. The first-order valence-electron chi connectivity index (χ1n) is 8.07. The number of nitrogens with one attached hydrogen (secondary N) is 1. The number of aryl methyl sites for hydroxylation is 1. The lowest BCUT2D eigenvalue weighted by Gasteiger charge is -2.24. The van der Waals surface area contributed by atoms with Crippen LogP contribution in [0.25, 0.3) is 16.9 Å². The molecule has 0 saturated heterocycles. The molecule has 0 spiro atoms. The summed E-state index contributed by atoms with van der Waals surface area (Å²) < 4.78 is 1.95. The number of rotatable bonds is 3. The Morgan fingerprint density at radius 1 is 1.17 bits per heavy atom. The lowest BCUT2D eigenvalue weighted by Crippen LogP contribution is -2.28. The van der Waals surface area contributed by atoms with Gasteiger partial charge >= 0.3 is 0 Å². The first-order valence-corrected chi connectivity index (χ1v) is 8.07. The van der Waals surface area contributed by atoms with Crippen molar-refractivity contribution in [1.82, 2.24) is 9.38 Å². The van der Waals surface area contributed by atoms with E-state index in [4.69, 9.17) is 4.98 Å². The normalized spacial score (nSPS) is 14.7. The van der Waals surface area contributed by atoms with Gasteiger partial charge in [-0.2, -0.15) is 0 Å². The zero-order valence-corrected chi connectivity index (χ0v) is 13.1. The number of hydrogen-bond donors (Lipinski definition) is 1. The Labute approximate surface area is 135 Å². The van der Waals surface area contributed by atoms with Crippen LogP contribution >= 0.6 is 0 Å². The molecule has 2 heterocycles. The van der Waals surface area contributed by atoms with Gasteiger partial charge in [0.05, 0.1) is 0 Å². The Hall–Kier alpha value is -2.62. The van der Waals surface area contributed by atoms with E-state index in [1.54, 1.807) is 0 Å². The molecule has 3 aromatic rings.